The van der Waals surface area contributed by atoms with Gasteiger partial charge >= 0.3 is 0 Å². The van der Waals surface area contributed by atoms with Crippen molar-refractivity contribution in [2.45, 2.75) is 13.3 Å². The van der Waals surface area contributed by atoms with Gasteiger partial charge < -0.3 is 11.0 Å². The summed E-state index contributed by atoms with van der Waals surface area (Å²) in [6.45, 7) is 5.36. The average Bonchev–Trinajstić information content (AvgIpc) is 1.72. The van der Waals surface area contributed by atoms with E-state index in [4.69, 9.17) is 4.89 Å². The predicted octanol–water partition coefficient (Wildman–Crippen LogP) is 1.15. The Labute approximate surface area is 72.7 Å². The van der Waals surface area contributed by atoms with Crippen LogP contribution < -0.4 is 0 Å². The minimum atomic E-state index is 0. The molecule has 1 nitrogen and oxygen atoms in total. The van der Waals surface area contributed by atoms with E-state index >= 15 is 0 Å². The summed E-state index contributed by atoms with van der Waals surface area (Å²) in [5.74, 6) is 0. The molecule has 1 atom stereocenters. The molecule has 0 bridgehead atoms. The molecule has 0 aromatic carbocycles. The standard InChI is InChI=1S/C4H7.H3OP.Y/c1-3-4-2;1-2;/h1,4H2,2H3;1H,2H2;/q-1;;. The molecule has 0 aromatic heterocycles. The third-order valence-corrected chi connectivity index (χ3v) is 0.250. The zero-order valence-corrected chi connectivity index (χ0v) is 8.51. The van der Waals surface area contributed by atoms with E-state index in [9.17, 15) is 0 Å². The van der Waals surface area contributed by atoms with Crippen LogP contribution in [0.1, 0.15) is 13.3 Å². The van der Waals surface area contributed by atoms with Gasteiger partial charge in [-0.05, 0) is 9.47 Å². The van der Waals surface area contributed by atoms with Crippen molar-refractivity contribution in [2.75, 3.05) is 0 Å². The first-order valence-corrected chi connectivity index (χ1v) is 2.19. The monoisotopic (exact) mass is 194 g/mol. The Balaban J connectivity index is -0.0000000480. The van der Waals surface area contributed by atoms with Gasteiger partial charge in [0.1, 0.15) is 0 Å². The van der Waals surface area contributed by atoms with Crippen LogP contribution in [-0.4, -0.2) is 4.89 Å². The second-order valence-corrected chi connectivity index (χ2v) is 0.604. The van der Waals surface area contributed by atoms with E-state index < -0.39 is 0 Å². The molecule has 0 heterocycles. The second kappa shape index (κ2) is 26.9. The van der Waals surface area contributed by atoms with Gasteiger partial charge in [-0.1, -0.05) is 6.92 Å². The van der Waals surface area contributed by atoms with Gasteiger partial charge in [-0.25, -0.2) is 0 Å². The fraction of sp³-hybridized carbons (Fsp3) is 0.500. The zero-order valence-electron chi connectivity index (χ0n) is 4.52. The van der Waals surface area contributed by atoms with Crippen molar-refractivity contribution in [3.8, 4) is 0 Å². The van der Waals surface area contributed by atoms with Crippen molar-refractivity contribution in [3.63, 3.8) is 0 Å². The van der Waals surface area contributed by atoms with E-state index in [2.05, 4.69) is 12.7 Å². The SMILES string of the molecule is C=[C-]CC.OP.[Y]. The summed E-state index contributed by atoms with van der Waals surface area (Å²) in [4.78, 5) is 6.92. The van der Waals surface area contributed by atoms with Gasteiger partial charge in [0, 0.05) is 32.7 Å². The molecule has 3 heteroatoms. The summed E-state index contributed by atoms with van der Waals surface area (Å²) in [6, 6.07) is 0. The fourth-order valence-corrected chi connectivity index (χ4v) is 0. The van der Waals surface area contributed by atoms with Crippen LogP contribution in [0.5, 0.6) is 0 Å². The zero-order chi connectivity index (χ0) is 5.41. The molecule has 0 spiro atoms. The fourth-order valence-electron chi connectivity index (χ4n) is 0. The molecule has 41 valence electrons. The third kappa shape index (κ3) is 39.7. The maximum Gasteiger partial charge on any atom is 0 e. The van der Waals surface area contributed by atoms with E-state index in [1.807, 2.05) is 6.92 Å². The van der Waals surface area contributed by atoms with Crippen LogP contribution in [0.3, 0.4) is 0 Å². The van der Waals surface area contributed by atoms with Crippen LogP contribution in [0.4, 0.5) is 0 Å². The van der Waals surface area contributed by atoms with Gasteiger partial charge in [0.15, 0.2) is 0 Å². The summed E-state index contributed by atoms with van der Waals surface area (Å²) in [6.07, 6.45) is 3.64. The molecule has 0 rings (SSSR count). The third-order valence-electron chi connectivity index (χ3n) is 0.250. The molecule has 0 aromatic rings. The van der Waals surface area contributed by atoms with Crippen LogP contribution in [0.25, 0.3) is 0 Å². The first-order chi connectivity index (χ1) is 2.91. The van der Waals surface area contributed by atoms with E-state index in [0.29, 0.717) is 0 Å². The average molecular weight is 194 g/mol. The molecule has 1 N–H and O–H groups in total. The molecule has 0 fully saturated rings. The minimum Gasteiger partial charge on any atom is -0.504 e. The molecule has 0 saturated heterocycles. The second-order valence-electron chi connectivity index (χ2n) is 0.604. The maximum absolute atomic E-state index is 6.92. The molecule has 0 amide bonds. The molecule has 0 aliphatic carbocycles. The smallest absolute Gasteiger partial charge is 0 e. The van der Waals surface area contributed by atoms with Gasteiger partial charge in [0.05, 0.1) is 0 Å². The number of allylic oxidation sites excluding steroid dienone is 1. The van der Waals surface area contributed by atoms with Crippen LogP contribution in [0, 0.1) is 6.08 Å². The van der Waals surface area contributed by atoms with Crippen LogP contribution in [0.15, 0.2) is 6.58 Å². The Morgan fingerprint density at radius 3 is 1.86 bits per heavy atom. The largest absolute Gasteiger partial charge is 0.504 e. The Bertz CT molecular complexity index is 25.7. The van der Waals surface area contributed by atoms with Crippen LogP contribution >= 0.6 is 9.47 Å². The van der Waals surface area contributed by atoms with Gasteiger partial charge in [-0.15, -0.1) is 0 Å². The maximum atomic E-state index is 6.92. The van der Waals surface area contributed by atoms with Crippen LogP contribution in [-0.2, 0) is 32.7 Å². The quantitative estimate of drug-likeness (QED) is 0.490. The molecule has 0 aliphatic heterocycles. The van der Waals surface area contributed by atoms with E-state index in [1.165, 1.54) is 9.47 Å². The van der Waals surface area contributed by atoms with Crippen LogP contribution in [0.2, 0.25) is 0 Å². The van der Waals surface area contributed by atoms with Gasteiger partial charge in [-0.3, -0.25) is 6.58 Å². The number of hydrogen-bond donors (Lipinski definition) is 1. The topological polar surface area (TPSA) is 20.2 Å². The molecule has 0 aliphatic rings. The van der Waals surface area contributed by atoms with Gasteiger partial charge in [0.2, 0.25) is 0 Å². The Hall–Kier alpha value is 1.23. The van der Waals surface area contributed by atoms with Crippen molar-refractivity contribution in [1.82, 2.24) is 0 Å². The summed E-state index contributed by atoms with van der Waals surface area (Å²) in [5, 5.41) is 0. The predicted molar refractivity (Wildman–Crippen MR) is 31.1 cm³/mol. The molecule has 0 saturated carbocycles. The minimum absolute atomic E-state index is 0. The van der Waals surface area contributed by atoms with Crippen molar-refractivity contribution < 1.29 is 37.6 Å². The van der Waals surface area contributed by atoms with E-state index in [1.54, 1.807) is 0 Å². The summed E-state index contributed by atoms with van der Waals surface area (Å²) >= 11 is 0. The first-order valence-electron chi connectivity index (χ1n) is 1.67. The van der Waals surface area contributed by atoms with E-state index in [-0.39, 0.29) is 32.7 Å². The summed E-state index contributed by atoms with van der Waals surface area (Å²) in [5.41, 5.74) is 0. The first kappa shape index (κ1) is 15.7. The molecular formula is C4H10OPY-. The Morgan fingerprint density at radius 1 is 1.71 bits per heavy atom. The summed E-state index contributed by atoms with van der Waals surface area (Å²) < 4.78 is 0. The summed E-state index contributed by atoms with van der Waals surface area (Å²) in [7, 11) is 1.42. The molecule has 1 radical (unpaired) electrons. The van der Waals surface area contributed by atoms with Gasteiger partial charge in [0.25, 0.3) is 0 Å². The normalized spacial score (nSPS) is 4.43. The molecule has 7 heavy (non-hydrogen) atoms. The Kier molecular flexibility index (Phi) is 60.4. The van der Waals surface area contributed by atoms with Crippen molar-refractivity contribution in [1.29, 1.82) is 0 Å². The number of hydrogen-bond acceptors (Lipinski definition) is 1. The van der Waals surface area contributed by atoms with E-state index in [0.717, 1.165) is 6.42 Å². The van der Waals surface area contributed by atoms with Crippen molar-refractivity contribution >= 4 is 9.47 Å². The Morgan fingerprint density at radius 2 is 1.86 bits per heavy atom. The molecular weight excluding hydrogens is 184 g/mol. The van der Waals surface area contributed by atoms with Crippen molar-refractivity contribution in [3.05, 3.63) is 12.7 Å². The number of rotatable bonds is 1. The molecule has 1 unspecified atom stereocenters. The van der Waals surface area contributed by atoms with Gasteiger partial charge in [-0.2, -0.15) is 6.42 Å². The van der Waals surface area contributed by atoms with Crippen molar-refractivity contribution in [2.24, 2.45) is 0 Å².